The first-order valence-corrected chi connectivity index (χ1v) is 8.91. The minimum Gasteiger partial charge on any atom is -0.328 e. The van der Waals surface area contributed by atoms with Crippen LogP contribution in [-0.4, -0.2) is 36.0 Å². The molecule has 0 amide bonds. The average molecular weight is 345 g/mol. The van der Waals surface area contributed by atoms with Crippen molar-refractivity contribution in [1.29, 1.82) is 0 Å². The van der Waals surface area contributed by atoms with E-state index in [0.717, 1.165) is 47.1 Å². The third-order valence-corrected chi connectivity index (χ3v) is 5.14. The van der Waals surface area contributed by atoms with Crippen molar-refractivity contribution in [2.24, 2.45) is 5.73 Å². The summed E-state index contributed by atoms with van der Waals surface area (Å²) in [6, 6.07) is 10.5. The molecule has 0 spiro atoms. The van der Waals surface area contributed by atoms with E-state index in [1.165, 1.54) is 0 Å². The zero-order chi connectivity index (χ0) is 17.5. The Morgan fingerprint density at radius 1 is 1.15 bits per heavy atom. The van der Waals surface area contributed by atoms with E-state index in [4.69, 9.17) is 10.7 Å². The molecule has 1 fully saturated rings. The van der Waals surface area contributed by atoms with Gasteiger partial charge in [0.2, 0.25) is 5.65 Å². The lowest BCUT2D eigenvalue weighted by molar-refractivity contribution is 0.648. The molecule has 2 N–H and O–H groups in total. The van der Waals surface area contributed by atoms with Gasteiger partial charge in [0, 0.05) is 23.5 Å². The van der Waals surface area contributed by atoms with Crippen molar-refractivity contribution in [2.75, 3.05) is 0 Å². The molecule has 1 aliphatic rings. The van der Waals surface area contributed by atoms with Crippen molar-refractivity contribution in [3.8, 4) is 0 Å². The van der Waals surface area contributed by atoms with Crippen LogP contribution < -0.4 is 5.73 Å². The average Bonchev–Trinajstić information content (AvgIpc) is 3.28. The largest absolute Gasteiger partial charge is 0.328 e. The van der Waals surface area contributed by atoms with Crippen molar-refractivity contribution >= 4 is 22.2 Å². The van der Waals surface area contributed by atoms with Gasteiger partial charge in [0.05, 0.1) is 24.0 Å². The van der Waals surface area contributed by atoms with Crippen LogP contribution in [0.15, 0.2) is 42.7 Å². The van der Waals surface area contributed by atoms with Crippen LogP contribution in [0.2, 0.25) is 0 Å². The molecule has 1 aromatic carbocycles. The summed E-state index contributed by atoms with van der Waals surface area (Å²) >= 11 is 0. The molecule has 0 radical (unpaired) electrons. The molecule has 1 aliphatic carbocycles. The maximum atomic E-state index is 6.05. The predicted molar refractivity (Wildman–Crippen MR) is 98.5 cm³/mol. The second-order valence-electron chi connectivity index (χ2n) is 6.99. The molecule has 7 nitrogen and oxygen atoms in total. The normalized spacial score (nSPS) is 20.2. The molecule has 0 bridgehead atoms. The summed E-state index contributed by atoms with van der Waals surface area (Å²) in [6.45, 7) is 0.601. The minimum atomic E-state index is 0.270. The van der Waals surface area contributed by atoms with E-state index < -0.39 is 0 Å². The van der Waals surface area contributed by atoms with Crippen LogP contribution in [0, 0.1) is 0 Å². The molecule has 4 aromatic rings. The van der Waals surface area contributed by atoms with Gasteiger partial charge in [-0.05, 0) is 43.0 Å². The molecular formula is C19H19N7. The number of hydrogen-bond donors (Lipinski definition) is 1. The molecule has 26 heavy (non-hydrogen) atoms. The van der Waals surface area contributed by atoms with Crippen LogP contribution in [0.1, 0.15) is 36.4 Å². The number of nitrogens with two attached hydrogens (primary N) is 1. The van der Waals surface area contributed by atoms with Gasteiger partial charge in [-0.2, -0.15) is 0 Å². The third-order valence-electron chi connectivity index (χ3n) is 5.14. The first kappa shape index (κ1) is 15.3. The van der Waals surface area contributed by atoms with Gasteiger partial charge in [-0.3, -0.25) is 4.98 Å². The van der Waals surface area contributed by atoms with E-state index in [0.29, 0.717) is 18.1 Å². The third kappa shape index (κ3) is 2.70. The van der Waals surface area contributed by atoms with E-state index >= 15 is 0 Å². The summed E-state index contributed by atoms with van der Waals surface area (Å²) < 4.78 is 1.82. The van der Waals surface area contributed by atoms with Crippen molar-refractivity contribution in [1.82, 2.24) is 29.9 Å². The number of rotatable bonds is 3. The highest BCUT2D eigenvalue weighted by atomic mass is 15.4. The fourth-order valence-corrected chi connectivity index (χ4v) is 3.75. The highest BCUT2D eigenvalue weighted by molar-refractivity contribution is 5.79. The lowest BCUT2D eigenvalue weighted by Crippen LogP contribution is -2.14. The first-order chi connectivity index (χ1) is 12.8. The lowest BCUT2D eigenvalue weighted by atomic mass is 10.0. The van der Waals surface area contributed by atoms with Crippen molar-refractivity contribution in [3.63, 3.8) is 0 Å². The SMILES string of the molecule is N[C@@H]1CCC(c2cnc3nnn(Cc4ccc5ncccc5c4)c3n2)C1. The van der Waals surface area contributed by atoms with Gasteiger partial charge in [0.15, 0.2) is 5.65 Å². The fraction of sp³-hybridized carbons (Fsp3) is 0.316. The topological polar surface area (TPSA) is 95.4 Å². The number of hydrogen-bond acceptors (Lipinski definition) is 6. The predicted octanol–water partition coefficient (Wildman–Crippen LogP) is 2.41. The van der Waals surface area contributed by atoms with Gasteiger partial charge in [-0.1, -0.05) is 17.3 Å². The molecular weight excluding hydrogens is 326 g/mol. The van der Waals surface area contributed by atoms with E-state index in [9.17, 15) is 0 Å². The van der Waals surface area contributed by atoms with E-state index in [-0.39, 0.29) is 6.04 Å². The minimum absolute atomic E-state index is 0.270. The zero-order valence-electron chi connectivity index (χ0n) is 14.3. The second-order valence-corrected chi connectivity index (χ2v) is 6.99. The summed E-state index contributed by atoms with van der Waals surface area (Å²) in [5, 5.41) is 9.53. The number of fused-ring (bicyclic) bond motifs is 2. The smallest absolute Gasteiger partial charge is 0.221 e. The molecule has 1 saturated carbocycles. The van der Waals surface area contributed by atoms with Crippen molar-refractivity contribution < 1.29 is 0 Å². The Labute approximate surface area is 150 Å². The van der Waals surface area contributed by atoms with E-state index in [1.54, 1.807) is 6.20 Å². The van der Waals surface area contributed by atoms with Gasteiger partial charge in [-0.25, -0.2) is 14.6 Å². The summed E-state index contributed by atoms with van der Waals surface area (Å²) in [7, 11) is 0. The Hall–Kier alpha value is -2.93. The van der Waals surface area contributed by atoms with Gasteiger partial charge in [0.25, 0.3) is 0 Å². The molecule has 0 saturated heterocycles. The van der Waals surface area contributed by atoms with Gasteiger partial charge >= 0.3 is 0 Å². The van der Waals surface area contributed by atoms with Gasteiger partial charge < -0.3 is 5.73 Å². The zero-order valence-corrected chi connectivity index (χ0v) is 14.3. The van der Waals surface area contributed by atoms with E-state index in [1.807, 2.05) is 23.0 Å². The molecule has 3 aromatic heterocycles. The standard InChI is InChI=1S/C19H19N7/c20-15-5-4-14(9-15)17-10-22-18-19(23-17)26(25-24-18)11-12-3-6-16-13(8-12)2-1-7-21-16/h1-3,6-8,10,14-15H,4-5,9,11,20H2/t14?,15-/m1/s1. The Morgan fingerprint density at radius 2 is 2.12 bits per heavy atom. The number of pyridine rings is 1. The summed E-state index contributed by atoms with van der Waals surface area (Å²) in [5.41, 5.74) is 10.5. The quantitative estimate of drug-likeness (QED) is 0.612. The Morgan fingerprint density at radius 3 is 3.00 bits per heavy atom. The maximum absolute atomic E-state index is 6.05. The summed E-state index contributed by atoms with van der Waals surface area (Å²) in [6.07, 6.45) is 6.72. The molecule has 7 heteroatoms. The number of nitrogens with zero attached hydrogens (tertiary/aromatic N) is 6. The van der Waals surface area contributed by atoms with Gasteiger partial charge in [0.1, 0.15) is 0 Å². The molecule has 0 aliphatic heterocycles. The molecule has 1 unspecified atom stereocenters. The van der Waals surface area contributed by atoms with Crippen LogP contribution in [0.4, 0.5) is 0 Å². The molecule has 130 valence electrons. The second kappa shape index (κ2) is 6.10. The molecule has 5 rings (SSSR count). The highest BCUT2D eigenvalue weighted by Crippen LogP contribution is 2.32. The Balaban J connectivity index is 1.49. The van der Waals surface area contributed by atoms with Crippen LogP contribution in [0.3, 0.4) is 0 Å². The maximum Gasteiger partial charge on any atom is 0.221 e. The molecule has 3 heterocycles. The van der Waals surface area contributed by atoms with Crippen molar-refractivity contribution in [3.05, 3.63) is 54.0 Å². The molecule has 2 atom stereocenters. The van der Waals surface area contributed by atoms with E-state index in [2.05, 4.69) is 38.5 Å². The number of aromatic nitrogens is 6. The van der Waals surface area contributed by atoms with Crippen LogP contribution in [0.25, 0.3) is 22.2 Å². The summed E-state index contributed by atoms with van der Waals surface area (Å²) in [4.78, 5) is 13.6. The van der Waals surface area contributed by atoms with Crippen LogP contribution >= 0.6 is 0 Å². The van der Waals surface area contributed by atoms with Crippen molar-refractivity contribution in [2.45, 2.75) is 37.8 Å². The van der Waals surface area contributed by atoms with Gasteiger partial charge in [-0.15, -0.1) is 5.10 Å². The lowest BCUT2D eigenvalue weighted by Gasteiger charge is -2.09. The summed E-state index contributed by atoms with van der Waals surface area (Å²) in [5.74, 6) is 0.386. The monoisotopic (exact) mass is 345 g/mol. The Kier molecular flexibility index (Phi) is 3.60. The highest BCUT2D eigenvalue weighted by Gasteiger charge is 2.25. The first-order valence-electron chi connectivity index (χ1n) is 8.91. The number of benzene rings is 1. The van der Waals surface area contributed by atoms with Crippen LogP contribution in [-0.2, 0) is 6.54 Å². The Bertz CT molecular complexity index is 1090. The van der Waals surface area contributed by atoms with Crippen LogP contribution in [0.5, 0.6) is 0 Å². The fourth-order valence-electron chi connectivity index (χ4n) is 3.75.